The van der Waals surface area contributed by atoms with Gasteiger partial charge in [-0.05, 0) is 12.0 Å². The van der Waals surface area contributed by atoms with Crippen LogP contribution in [0.25, 0.3) is 0 Å². The Morgan fingerprint density at radius 3 is 2.42 bits per heavy atom. The van der Waals surface area contributed by atoms with Crippen LogP contribution in [0.5, 0.6) is 0 Å². The summed E-state index contributed by atoms with van der Waals surface area (Å²) in [5, 5.41) is 9.43. The normalized spacial score (nSPS) is 14.9. The highest BCUT2D eigenvalue weighted by Crippen LogP contribution is 2.27. The Kier molecular flexibility index (Phi) is 6.05. The first kappa shape index (κ1) is 15.7. The van der Waals surface area contributed by atoms with Gasteiger partial charge in [0, 0.05) is 6.42 Å². The molecular formula is C14H17F3O2. The predicted octanol–water partition coefficient (Wildman–Crippen LogP) is 3.46. The zero-order valence-corrected chi connectivity index (χ0v) is 10.4. The molecule has 0 aliphatic heterocycles. The molecule has 106 valence electrons. The zero-order valence-electron chi connectivity index (χ0n) is 10.4. The summed E-state index contributed by atoms with van der Waals surface area (Å²) < 4.78 is 43.2. The predicted molar refractivity (Wildman–Crippen MR) is 66.5 cm³/mol. The number of halogens is 3. The van der Waals surface area contributed by atoms with Crippen molar-refractivity contribution in [2.24, 2.45) is 0 Å². The molecule has 0 spiro atoms. The third-order valence-corrected chi connectivity index (χ3v) is 2.58. The van der Waals surface area contributed by atoms with Gasteiger partial charge in [-0.15, -0.1) is 6.58 Å². The highest BCUT2D eigenvalue weighted by molar-refractivity contribution is 5.13. The summed E-state index contributed by atoms with van der Waals surface area (Å²) in [6.07, 6.45) is -6.54. The van der Waals surface area contributed by atoms with Gasteiger partial charge < -0.3 is 9.84 Å². The highest BCUT2D eigenvalue weighted by Gasteiger charge is 2.41. The molecule has 0 radical (unpaired) electrons. The number of hydrogen-bond acceptors (Lipinski definition) is 2. The van der Waals surface area contributed by atoms with Crippen molar-refractivity contribution in [1.82, 2.24) is 0 Å². The first-order valence-electron chi connectivity index (χ1n) is 5.94. The van der Waals surface area contributed by atoms with E-state index in [4.69, 9.17) is 4.74 Å². The van der Waals surface area contributed by atoms with Crippen molar-refractivity contribution < 1.29 is 23.0 Å². The van der Waals surface area contributed by atoms with Crippen LogP contribution in [0.3, 0.4) is 0 Å². The maximum Gasteiger partial charge on any atom is 0.414 e. The molecule has 0 saturated carbocycles. The molecule has 1 aromatic rings. The van der Waals surface area contributed by atoms with Crippen molar-refractivity contribution in [3.05, 3.63) is 48.6 Å². The highest BCUT2D eigenvalue weighted by atomic mass is 19.4. The van der Waals surface area contributed by atoms with E-state index < -0.39 is 24.8 Å². The van der Waals surface area contributed by atoms with Crippen LogP contribution < -0.4 is 0 Å². The molecule has 0 unspecified atom stereocenters. The van der Waals surface area contributed by atoms with E-state index in [2.05, 4.69) is 6.58 Å². The summed E-state index contributed by atoms with van der Waals surface area (Å²) in [5.41, 5.74) is 0.662. The molecule has 5 heteroatoms. The van der Waals surface area contributed by atoms with Crippen molar-refractivity contribution in [3.63, 3.8) is 0 Å². The van der Waals surface area contributed by atoms with E-state index in [9.17, 15) is 18.3 Å². The molecule has 0 heterocycles. The molecule has 2 nitrogen and oxygen atoms in total. The van der Waals surface area contributed by atoms with Gasteiger partial charge in [-0.1, -0.05) is 36.4 Å². The molecule has 1 aromatic carbocycles. The summed E-state index contributed by atoms with van der Waals surface area (Å²) >= 11 is 0. The summed E-state index contributed by atoms with van der Waals surface area (Å²) in [6, 6.07) is 8.61. The molecule has 0 fully saturated rings. The first-order chi connectivity index (χ1) is 8.93. The van der Waals surface area contributed by atoms with Gasteiger partial charge in [-0.3, -0.25) is 0 Å². The lowest BCUT2D eigenvalue weighted by Gasteiger charge is -2.23. The lowest BCUT2D eigenvalue weighted by Crippen LogP contribution is -2.35. The Balaban J connectivity index is 2.58. The number of ether oxygens (including phenoxy) is 1. The Labute approximate surface area is 110 Å². The molecule has 0 bridgehead atoms. The van der Waals surface area contributed by atoms with E-state index in [0.717, 1.165) is 0 Å². The Bertz CT molecular complexity index is 376. The van der Waals surface area contributed by atoms with Crippen molar-refractivity contribution >= 4 is 0 Å². The number of benzene rings is 1. The Morgan fingerprint density at radius 2 is 1.89 bits per heavy atom. The summed E-state index contributed by atoms with van der Waals surface area (Å²) in [7, 11) is 0. The van der Waals surface area contributed by atoms with Crippen LogP contribution in [0, 0.1) is 0 Å². The molecule has 2 atom stereocenters. The van der Waals surface area contributed by atoms with Gasteiger partial charge in [0.15, 0.2) is 6.10 Å². The van der Waals surface area contributed by atoms with Gasteiger partial charge >= 0.3 is 6.18 Å². The van der Waals surface area contributed by atoms with Crippen LogP contribution in [0.1, 0.15) is 18.4 Å². The number of aliphatic hydroxyl groups excluding tert-OH is 1. The smallest absolute Gasteiger partial charge is 0.393 e. The lowest BCUT2D eigenvalue weighted by atomic mass is 10.1. The number of hydrogen-bond donors (Lipinski definition) is 1. The first-order valence-corrected chi connectivity index (χ1v) is 5.94. The van der Waals surface area contributed by atoms with E-state index in [0.29, 0.717) is 5.56 Å². The second kappa shape index (κ2) is 7.31. The van der Waals surface area contributed by atoms with Crippen LogP contribution in [0.2, 0.25) is 0 Å². The summed E-state index contributed by atoms with van der Waals surface area (Å²) in [6.45, 7) is 3.25. The molecule has 0 aliphatic rings. The van der Waals surface area contributed by atoms with E-state index in [-0.39, 0.29) is 13.0 Å². The lowest BCUT2D eigenvalue weighted by molar-refractivity contribution is -0.230. The van der Waals surface area contributed by atoms with Crippen LogP contribution >= 0.6 is 0 Å². The van der Waals surface area contributed by atoms with Crippen LogP contribution in [0.15, 0.2) is 43.0 Å². The summed E-state index contributed by atoms with van der Waals surface area (Å²) in [5.74, 6) is 0. The van der Waals surface area contributed by atoms with Gasteiger partial charge in [0.25, 0.3) is 0 Å². The molecule has 0 saturated heterocycles. The van der Waals surface area contributed by atoms with Crippen molar-refractivity contribution in [3.8, 4) is 0 Å². The van der Waals surface area contributed by atoms with Gasteiger partial charge in [0.05, 0.1) is 12.7 Å². The number of aliphatic hydroxyl groups is 1. The van der Waals surface area contributed by atoms with E-state index in [1.807, 2.05) is 0 Å². The number of alkyl halides is 3. The summed E-state index contributed by atoms with van der Waals surface area (Å²) in [4.78, 5) is 0. The van der Waals surface area contributed by atoms with Crippen molar-refractivity contribution in [2.45, 2.75) is 37.8 Å². The van der Waals surface area contributed by atoms with Crippen LogP contribution in [-0.4, -0.2) is 23.5 Å². The Hall–Kier alpha value is -1.33. The molecule has 1 N–H and O–H groups in total. The average molecular weight is 274 g/mol. The molecule has 19 heavy (non-hydrogen) atoms. The van der Waals surface area contributed by atoms with Crippen LogP contribution in [-0.2, 0) is 11.3 Å². The molecular weight excluding hydrogens is 257 g/mol. The number of rotatable bonds is 7. The van der Waals surface area contributed by atoms with Gasteiger partial charge in [-0.25, -0.2) is 0 Å². The maximum atomic E-state index is 12.8. The van der Waals surface area contributed by atoms with Gasteiger partial charge in [0.1, 0.15) is 0 Å². The zero-order chi connectivity index (χ0) is 14.3. The van der Waals surface area contributed by atoms with Crippen LogP contribution in [0.4, 0.5) is 13.2 Å². The van der Waals surface area contributed by atoms with Crippen molar-refractivity contribution in [2.75, 3.05) is 0 Å². The molecule has 0 aliphatic carbocycles. The topological polar surface area (TPSA) is 29.5 Å². The largest absolute Gasteiger partial charge is 0.414 e. The minimum Gasteiger partial charge on any atom is -0.393 e. The standard InChI is InChI=1S/C14H17F3O2/c1-2-6-12(18)9-13(14(15,16)17)19-10-11-7-4-3-5-8-11/h2-5,7-8,12-13,18H,1,6,9-10H2/t12-,13-/m1/s1. The van der Waals surface area contributed by atoms with E-state index in [1.165, 1.54) is 6.08 Å². The molecule has 0 aromatic heterocycles. The SMILES string of the molecule is C=CC[C@@H](O)C[C@@H](OCc1ccccc1)C(F)(F)F. The van der Waals surface area contributed by atoms with Gasteiger partial charge in [-0.2, -0.15) is 13.2 Å². The average Bonchev–Trinajstić information content (AvgIpc) is 2.34. The second-order valence-electron chi connectivity index (χ2n) is 4.24. The Morgan fingerprint density at radius 1 is 1.26 bits per heavy atom. The third-order valence-electron chi connectivity index (χ3n) is 2.58. The van der Waals surface area contributed by atoms with E-state index in [1.54, 1.807) is 30.3 Å². The van der Waals surface area contributed by atoms with Gasteiger partial charge in [0.2, 0.25) is 0 Å². The third kappa shape index (κ3) is 5.89. The van der Waals surface area contributed by atoms with E-state index >= 15 is 0 Å². The minimum atomic E-state index is -4.49. The second-order valence-corrected chi connectivity index (χ2v) is 4.24. The fourth-order valence-corrected chi connectivity index (χ4v) is 1.60. The quantitative estimate of drug-likeness (QED) is 0.771. The molecule has 0 amide bonds. The van der Waals surface area contributed by atoms with Crippen molar-refractivity contribution in [1.29, 1.82) is 0 Å². The molecule has 1 rings (SSSR count). The fourth-order valence-electron chi connectivity index (χ4n) is 1.60. The maximum absolute atomic E-state index is 12.8. The fraction of sp³-hybridized carbons (Fsp3) is 0.429. The monoisotopic (exact) mass is 274 g/mol. The minimum absolute atomic E-state index is 0.112.